The predicted molar refractivity (Wildman–Crippen MR) is 96.0 cm³/mol. The minimum atomic E-state index is -0.168. The first-order valence-electron chi connectivity index (χ1n) is 7.55. The molecule has 0 N–H and O–H groups in total. The molecule has 0 saturated carbocycles. The molecule has 0 unspecified atom stereocenters. The van der Waals surface area contributed by atoms with Crippen LogP contribution in [-0.4, -0.2) is 14.0 Å². The van der Waals surface area contributed by atoms with Gasteiger partial charge in [-0.1, -0.05) is 41.4 Å². The summed E-state index contributed by atoms with van der Waals surface area (Å²) >= 11 is 5.91. The summed E-state index contributed by atoms with van der Waals surface area (Å²) in [5, 5.41) is 0.635. The maximum absolute atomic E-state index is 12.8. The van der Waals surface area contributed by atoms with Crippen molar-refractivity contribution in [2.45, 2.75) is 6.92 Å². The Bertz CT molecular complexity index is 1080. The zero-order valence-electron chi connectivity index (χ0n) is 13.0. The molecule has 2 aromatic carbocycles. The fourth-order valence-electron chi connectivity index (χ4n) is 2.65. The zero-order valence-corrected chi connectivity index (χ0v) is 13.7. The van der Waals surface area contributed by atoms with Crippen LogP contribution < -0.4 is 5.56 Å². The van der Waals surface area contributed by atoms with Gasteiger partial charge in [-0.25, -0.2) is 4.98 Å². The average molecular weight is 336 g/mol. The molecule has 4 nitrogen and oxygen atoms in total. The predicted octanol–water partition coefficient (Wildman–Crippen LogP) is 4.11. The van der Waals surface area contributed by atoms with Gasteiger partial charge in [0, 0.05) is 34.9 Å². The summed E-state index contributed by atoms with van der Waals surface area (Å²) in [6.45, 7) is 2.04. The van der Waals surface area contributed by atoms with Gasteiger partial charge in [-0.2, -0.15) is 0 Å². The van der Waals surface area contributed by atoms with E-state index in [2.05, 4.69) is 4.98 Å². The third-order valence-corrected chi connectivity index (χ3v) is 4.22. The van der Waals surface area contributed by atoms with E-state index in [-0.39, 0.29) is 5.56 Å². The first kappa shape index (κ1) is 14.7. The van der Waals surface area contributed by atoms with Crippen LogP contribution in [0.1, 0.15) is 5.56 Å². The van der Waals surface area contributed by atoms with Gasteiger partial charge in [-0.3, -0.25) is 9.36 Å². The lowest BCUT2D eigenvalue weighted by Gasteiger charge is -2.05. The summed E-state index contributed by atoms with van der Waals surface area (Å²) in [6, 6.07) is 15.2. The summed E-state index contributed by atoms with van der Waals surface area (Å²) in [5.74, 6) is 0. The second-order valence-corrected chi connectivity index (χ2v) is 6.11. The minimum Gasteiger partial charge on any atom is -0.300 e. The second kappa shape index (κ2) is 5.65. The molecule has 2 aromatic heterocycles. The highest BCUT2D eigenvalue weighted by molar-refractivity contribution is 6.30. The highest BCUT2D eigenvalue weighted by atomic mass is 35.5. The summed E-state index contributed by atoms with van der Waals surface area (Å²) in [4.78, 5) is 17.3. The van der Waals surface area contributed by atoms with Crippen molar-refractivity contribution in [3.05, 3.63) is 88.1 Å². The van der Waals surface area contributed by atoms with E-state index in [1.807, 2.05) is 55.7 Å². The zero-order chi connectivity index (χ0) is 16.7. The Morgan fingerprint density at radius 2 is 1.67 bits per heavy atom. The normalized spacial score (nSPS) is 11.1. The SMILES string of the molecule is Cc1ccc(-c2cn3ccn(-c4ccc(Cl)cc4)c(=O)c3n2)cc1. The van der Waals surface area contributed by atoms with Gasteiger partial charge in [0.25, 0.3) is 5.56 Å². The van der Waals surface area contributed by atoms with Crippen LogP contribution >= 0.6 is 11.6 Å². The monoisotopic (exact) mass is 335 g/mol. The van der Waals surface area contributed by atoms with Crippen molar-refractivity contribution in [2.24, 2.45) is 0 Å². The lowest BCUT2D eigenvalue weighted by molar-refractivity contribution is 0.950. The van der Waals surface area contributed by atoms with Gasteiger partial charge in [0.2, 0.25) is 5.65 Å². The fourth-order valence-corrected chi connectivity index (χ4v) is 2.77. The van der Waals surface area contributed by atoms with Crippen LogP contribution in [0.3, 0.4) is 0 Å². The third kappa shape index (κ3) is 2.51. The molecule has 0 amide bonds. The number of halogens is 1. The van der Waals surface area contributed by atoms with Crippen molar-refractivity contribution in [2.75, 3.05) is 0 Å². The number of rotatable bonds is 2. The van der Waals surface area contributed by atoms with Crippen molar-refractivity contribution >= 4 is 17.2 Å². The molecule has 5 heteroatoms. The van der Waals surface area contributed by atoms with E-state index in [4.69, 9.17) is 11.6 Å². The Balaban J connectivity index is 1.86. The van der Waals surface area contributed by atoms with Crippen LogP contribution in [0.25, 0.3) is 22.6 Å². The van der Waals surface area contributed by atoms with E-state index in [9.17, 15) is 4.79 Å². The molecule has 0 aliphatic rings. The summed E-state index contributed by atoms with van der Waals surface area (Å²) in [5.41, 5.74) is 3.93. The van der Waals surface area contributed by atoms with E-state index in [0.29, 0.717) is 10.7 Å². The van der Waals surface area contributed by atoms with E-state index >= 15 is 0 Å². The van der Waals surface area contributed by atoms with Crippen molar-refractivity contribution in [1.29, 1.82) is 0 Å². The van der Waals surface area contributed by atoms with E-state index < -0.39 is 0 Å². The van der Waals surface area contributed by atoms with Crippen LogP contribution in [-0.2, 0) is 0 Å². The largest absolute Gasteiger partial charge is 0.300 e. The Kier molecular flexibility index (Phi) is 3.47. The molecule has 118 valence electrons. The summed E-state index contributed by atoms with van der Waals surface area (Å²) in [6.07, 6.45) is 5.43. The molecule has 4 aromatic rings. The van der Waals surface area contributed by atoms with Gasteiger partial charge in [0.15, 0.2) is 0 Å². The topological polar surface area (TPSA) is 39.3 Å². The van der Waals surface area contributed by atoms with Gasteiger partial charge in [-0.05, 0) is 31.2 Å². The number of imidazole rings is 1. The van der Waals surface area contributed by atoms with E-state index in [0.717, 1.165) is 16.9 Å². The van der Waals surface area contributed by atoms with Crippen LogP contribution in [0, 0.1) is 6.92 Å². The third-order valence-electron chi connectivity index (χ3n) is 3.97. The number of benzene rings is 2. The quantitative estimate of drug-likeness (QED) is 0.553. The van der Waals surface area contributed by atoms with Crippen LogP contribution in [0.4, 0.5) is 0 Å². The molecule has 0 aliphatic carbocycles. The minimum absolute atomic E-state index is 0.168. The number of aromatic nitrogens is 3. The molecule has 4 rings (SSSR count). The van der Waals surface area contributed by atoms with Crippen molar-refractivity contribution < 1.29 is 0 Å². The molecule has 0 bridgehead atoms. The molecular formula is C19H14ClN3O. The molecule has 0 spiro atoms. The van der Waals surface area contributed by atoms with Gasteiger partial charge in [0.1, 0.15) is 0 Å². The number of hydrogen-bond acceptors (Lipinski definition) is 2. The maximum Gasteiger partial charge on any atom is 0.298 e. The Morgan fingerprint density at radius 1 is 0.958 bits per heavy atom. The Morgan fingerprint density at radius 3 is 2.38 bits per heavy atom. The lowest BCUT2D eigenvalue weighted by atomic mass is 10.1. The highest BCUT2D eigenvalue weighted by Gasteiger charge is 2.10. The average Bonchev–Trinajstić information content (AvgIpc) is 3.02. The summed E-state index contributed by atoms with van der Waals surface area (Å²) in [7, 11) is 0. The van der Waals surface area contributed by atoms with Crippen molar-refractivity contribution in [1.82, 2.24) is 14.0 Å². The van der Waals surface area contributed by atoms with E-state index in [1.54, 1.807) is 27.3 Å². The standard InChI is InChI=1S/C19H14ClN3O/c1-13-2-4-14(5-3-13)17-12-22-10-11-23(19(24)18(22)21-17)16-8-6-15(20)7-9-16/h2-12H,1H3. The number of aryl methyl sites for hydroxylation is 1. The van der Waals surface area contributed by atoms with Crippen LogP contribution in [0.5, 0.6) is 0 Å². The molecule has 0 saturated heterocycles. The molecule has 0 fully saturated rings. The number of hydrogen-bond donors (Lipinski definition) is 0. The summed E-state index contributed by atoms with van der Waals surface area (Å²) < 4.78 is 3.32. The second-order valence-electron chi connectivity index (χ2n) is 5.67. The molecule has 0 aliphatic heterocycles. The Hall–Kier alpha value is -2.85. The van der Waals surface area contributed by atoms with Gasteiger partial charge < -0.3 is 4.40 Å². The first-order chi connectivity index (χ1) is 11.6. The number of fused-ring (bicyclic) bond motifs is 1. The van der Waals surface area contributed by atoms with Crippen LogP contribution in [0.15, 0.2) is 71.9 Å². The highest BCUT2D eigenvalue weighted by Crippen LogP contribution is 2.19. The maximum atomic E-state index is 12.8. The van der Waals surface area contributed by atoms with Gasteiger partial charge in [-0.15, -0.1) is 0 Å². The molecular weight excluding hydrogens is 322 g/mol. The van der Waals surface area contributed by atoms with Gasteiger partial charge >= 0.3 is 0 Å². The fraction of sp³-hybridized carbons (Fsp3) is 0.0526. The smallest absolute Gasteiger partial charge is 0.298 e. The molecule has 0 atom stereocenters. The van der Waals surface area contributed by atoms with Gasteiger partial charge in [0.05, 0.1) is 5.69 Å². The lowest BCUT2D eigenvalue weighted by Crippen LogP contribution is -2.19. The molecule has 24 heavy (non-hydrogen) atoms. The van der Waals surface area contributed by atoms with Crippen molar-refractivity contribution in [3.63, 3.8) is 0 Å². The molecule has 0 radical (unpaired) electrons. The van der Waals surface area contributed by atoms with Crippen LogP contribution in [0.2, 0.25) is 5.02 Å². The van der Waals surface area contributed by atoms with Crippen molar-refractivity contribution in [3.8, 4) is 16.9 Å². The first-order valence-corrected chi connectivity index (χ1v) is 7.93. The van der Waals surface area contributed by atoms with E-state index in [1.165, 1.54) is 5.56 Å². The number of nitrogens with zero attached hydrogens (tertiary/aromatic N) is 3. The molecule has 2 heterocycles. The Labute approximate surface area is 143 Å².